The molecule has 190 valence electrons. The maximum absolute atomic E-state index is 13.2. The SMILES string of the molecule is CCCCCOc1cccc(N(Cc2cccc(OC(F)(F)C(F)F)c2)CC(O)C(F)(F)F)c1. The number of hydrogen-bond donors (Lipinski definition) is 1. The molecule has 0 heterocycles. The number of hydrogen-bond acceptors (Lipinski definition) is 4. The van der Waals surface area contributed by atoms with Gasteiger partial charge in [0, 0.05) is 18.3 Å². The maximum atomic E-state index is 13.2. The molecule has 0 aliphatic rings. The molecular formula is C23H26F7NO3. The molecule has 2 aromatic carbocycles. The average Bonchev–Trinajstić information content (AvgIpc) is 2.75. The van der Waals surface area contributed by atoms with E-state index in [1.54, 1.807) is 12.1 Å². The van der Waals surface area contributed by atoms with Gasteiger partial charge in [-0.3, -0.25) is 0 Å². The molecule has 1 unspecified atom stereocenters. The number of alkyl halides is 7. The molecule has 0 spiro atoms. The lowest BCUT2D eigenvalue weighted by atomic mass is 10.1. The van der Waals surface area contributed by atoms with E-state index in [2.05, 4.69) is 4.74 Å². The van der Waals surface area contributed by atoms with Crippen LogP contribution in [0.4, 0.5) is 36.4 Å². The Labute approximate surface area is 192 Å². The second-order valence-electron chi connectivity index (χ2n) is 7.60. The summed E-state index contributed by atoms with van der Waals surface area (Å²) in [7, 11) is 0. The highest BCUT2D eigenvalue weighted by Crippen LogP contribution is 2.30. The van der Waals surface area contributed by atoms with Crippen molar-refractivity contribution < 1.29 is 45.3 Å². The van der Waals surface area contributed by atoms with E-state index in [-0.39, 0.29) is 17.8 Å². The van der Waals surface area contributed by atoms with E-state index < -0.39 is 37.1 Å². The van der Waals surface area contributed by atoms with Gasteiger partial charge in [-0.15, -0.1) is 0 Å². The summed E-state index contributed by atoms with van der Waals surface area (Å²) in [4.78, 5) is 1.18. The Kier molecular flexibility index (Phi) is 9.84. The zero-order valence-electron chi connectivity index (χ0n) is 18.4. The first-order valence-electron chi connectivity index (χ1n) is 10.6. The van der Waals surface area contributed by atoms with Crippen molar-refractivity contribution in [2.75, 3.05) is 18.1 Å². The highest BCUT2D eigenvalue weighted by atomic mass is 19.4. The lowest BCUT2D eigenvalue weighted by Crippen LogP contribution is -2.40. The molecule has 34 heavy (non-hydrogen) atoms. The smallest absolute Gasteiger partial charge is 0.461 e. The van der Waals surface area contributed by atoms with E-state index in [4.69, 9.17) is 4.74 Å². The summed E-state index contributed by atoms with van der Waals surface area (Å²) in [6.07, 6.45) is -13.6. The van der Waals surface area contributed by atoms with E-state index in [0.29, 0.717) is 12.4 Å². The minimum atomic E-state index is -4.89. The lowest BCUT2D eigenvalue weighted by molar-refractivity contribution is -0.253. The fourth-order valence-electron chi connectivity index (χ4n) is 3.01. The van der Waals surface area contributed by atoms with Crippen LogP contribution >= 0.6 is 0 Å². The summed E-state index contributed by atoms with van der Waals surface area (Å²) in [5.74, 6) is -0.166. The van der Waals surface area contributed by atoms with E-state index in [0.717, 1.165) is 31.4 Å². The van der Waals surface area contributed by atoms with E-state index in [1.165, 1.54) is 29.2 Å². The average molecular weight is 497 g/mol. The molecule has 2 aromatic rings. The van der Waals surface area contributed by atoms with Gasteiger partial charge in [-0.05, 0) is 36.2 Å². The molecule has 0 radical (unpaired) electrons. The van der Waals surface area contributed by atoms with Crippen molar-refractivity contribution in [3.63, 3.8) is 0 Å². The van der Waals surface area contributed by atoms with Crippen LogP contribution in [-0.2, 0) is 6.54 Å². The Morgan fingerprint density at radius 3 is 2.26 bits per heavy atom. The zero-order chi connectivity index (χ0) is 25.4. The van der Waals surface area contributed by atoms with E-state index >= 15 is 0 Å². The Morgan fingerprint density at radius 1 is 0.941 bits per heavy atom. The van der Waals surface area contributed by atoms with Crippen LogP contribution in [0.15, 0.2) is 48.5 Å². The number of rotatable bonds is 13. The van der Waals surface area contributed by atoms with Gasteiger partial charge in [-0.25, -0.2) is 0 Å². The normalized spacial score (nSPS) is 13.1. The quantitative estimate of drug-likeness (QED) is 0.256. The predicted octanol–water partition coefficient (Wildman–Crippen LogP) is 6.42. The number of aliphatic hydroxyl groups excluding tert-OH is 1. The molecule has 0 bridgehead atoms. The fraction of sp³-hybridized carbons (Fsp3) is 0.478. The fourth-order valence-corrected chi connectivity index (χ4v) is 3.01. The first-order valence-corrected chi connectivity index (χ1v) is 10.6. The molecule has 0 saturated heterocycles. The first kappa shape index (κ1) is 27.6. The molecule has 0 fully saturated rings. The molecular weight excluding hydrogens is 471 g/mol. The molecule has 0 aliphatic carbocycles. The monoisotopic (exact) mass is 497 g/mol. The summed E-state index contributed by atoms with van der Waals surface area (Å²) >= 11 is 0. The molecule has 1 N–H and O–H groups in total. The number of anilines is 1. The topological polar surface area (TPSA) is 41.9 Å². The second kappa shape index (κ2) is 12.1. The van der Waals surface area contributed by atoms with Gasteiger partial charge < -0.3 is 19.5 Å². The molecule has 0 aliphatic heterocycles. The van der Waals surface area contributed by atoms with Crippen LogP contribution in [0, 0.1) is 0 Å². The summed E-state index contributed by atoms with van der Waals surface area (Å²) in [6.45, 7) is 1.32. The van der Waals surface area contributed by atoms with Gasteiger partial charge in [0.15, 0.2) is 6.10 Å². The Bertz CT molecular complexity index is 893. The van der Waals surface area contributed by atoms with Crippen LogP contribution in [-0.4, -0.2) is 43.1 Å². The third-order valence-corrected chi connectivity index (χ3v) is 4.75. The molecule has 0 amide bonds. The van der Waals surface area contributed by atoms with Crippen molar-refractivity contribution in [2.24, 2.45) is 0 Å². The van der Waals surface area contributed by atoms with Crippen molar-refractivity contribution in [3.8, 4) is 11.5 Å². The number of benzene rings is 2. The number of unbranched alkanes of at least 4 members (excludes halogenated alkanes) is 2. The lowest BCUT2D eigenvalue weighted by Gasteiger charge is -2.29. The van der Waals surface area contributed by atoms with Crippen molar-refractivity contribution in [1.29, 1.82) is 0 Å². The van der Waals surface area contributed by atoms with E-state index in [9.17, 15) is 35.8 Å². The highest BCUT2D eigenvalue weighted by Gasteiger charge is 2.44. The van der Waals surface area contributed by atoms with Gasteiger partial charge in [-0.1, -0.05) is 38.0 Å². The molecule has 0 saturated carbocycles. The van der Waals surface area contributed by atoms with Gasteiger partial charge in [0.2, 0.25) is 0 Å². The van der Waals surface area contributed by atoms with Gasteiger partial charge >= 0.3 is 18.7 Å². The number of ether oxygens (including phenoxy) is 2. The standard InChI is InChI=1S/C23H26F7NO3/c1-2-3-4-11-33-18-9-6-8-17(13-18)31(15-20(32)22(26,27)28)14-16-7-5-10-19(12-16)34-23(29,30)21(24)25/h5-10,12-13,20-21,32H,2-4,11,14-15H2,1H3. The van der Waals surface area contributed by atoms with Crippen molar-refractivity contribution >= 4 is 5.69 Å². The van der Waals surface area contributed by atoms with Gasteiger partial charge in [0.1, 0.15) is 11.5 Å². The van der Waals surface area contributed by atoms with Crippen LogP contribution in [0.2, 0.25) is 0 Å². The Morgan fingerprint density at radius 2 is 1.62 bits per heavy atom. The van der Waals surface area contributed by atoms with Gasteiger partial charge in [0.25, 0.3) is 0 Å². The summed E-state index contributed by atoms with van der Waals surface area (Å²) in [6, 6.07) is 10.9. The zero-order valence-corrected chi connectivity index (χ0v) is 18.4. The van der Waals surface area contributed by atoms with Crippen LogP contribution in [0.3, 0.4) is 0 Å². The van der Waals surface area contributed by atoms with Crippen LogP contribution in [0.25, 0.3) is 0 Å². The Balaban J connectivity index is 2.26. The van der Waals surface area contributed by atoms with Crippen molar-refractivity contribution in [1.82, 2.24) is 0 Å². The van der Waals surface area contributed by atoms with Gasteiger partial charge in [0.05, 0.1) is 13.2 Å². The number of halogens is 7. The molecule has 2 rings (SSSR count). The predicted molar refractivity (Wildman–Crippen MR) is 113 cm³/mol. The van der Waals surface area contributed by atoms with E-state index in [1.807, 2.05) is 6.92 Å². The maximum Gasteiger partial charge on any atom is 0.461 e. The van der Waals surface area contributed by atoms with Gasteiger partial charge in [-0.2, -0.15) is 30.7 Å². The molecule has 11 heteroatoms. The highest BCUT2D eigenvalue weighted by molar-refractivity contribution is 5.51. The number of nitrogens with zero attached hydrogens (tertiary/aromatic N) is 1. The third-order valence-electron chi connectivity index (χ3n) is 4.75. The number of aliphatic hydroxyl groups is 1. The Hall–Kier alpha value is -2.69. The summed E-state index contributed by atoms with van der Waals surface area (Å²) in [5.41, 5.74) is 0.478. The summed E-state index contributed by atoms with van der Waals surface area (Å²) in [5, 5.41) is 9.63. The third kappa shape index (κ3) is 8.58. The first-order chi connectivity index (χ1) is 15.9. The second-order valence-corrected chi connectivity index (χ2v) is 7.60. The van der Waals surface area contributed by atoms with Crippen molar-refractivity contribution in [3.05, 3.63) is 54.1 Å². The van der Waals surface area contributed by atoms with Crippen LogP contribution in [0.5, 0.6) is 11.5 Å². The minimum absolute atomic E-state index is 0.200. The molecule has 1 atom stereocenters. The minimum Gasteiger partial charge on any atom is -0.494 e. The molecule has 0 aromatic heterocycles. The molecule has 4 nitrogen and oxygen atoms in total. The summed E-state index contributed by atoms with van der Waals surface area (Å²) < 4.78 is 100. The van der Waals surface area contributed by atoms with Crippen LogP contribution in [0.1, 0.15) is 31.7 Å². The largest absolute Gasteiger partial charge is 0.494 e. The van der Waals surface area contributed by atoms with Crippen molar-refractivity contribution in [2.45, 2.75) is 57.5 Å². The van der Waals surface area contributed by atoms with Crippen LogP contribution < -0.4 is 14.4 Å².